The van der Waals surface area contributed by atoms with Crippen LogP contribution in [0.5, 0.6) is 0 Å². The molecule has 4 heteroatoms. The van der Waals surface area contributed by atoms with Crippen molar-refractivity contribution in [2.45, 2.75) is 45.6 Å². The van der Waals surface area contributed by atoms with E-state index in [1.165, 1.54) is 5.56 Å². The minimum Gasteiger partial charge on any atom is -0.356 e. The molecule has 4 nitrogen and oxygen atoms in total. The van der Waals surface area contributed by atoms with Gasteiger partial charge in [-0.05, 0) is 31.7 Å². The molecule has 0 aliphatic heterocycles. The number of carbonyl (C=O) groups is 2. The fraction of sp³-hybridized carbons (Fsp3) is 0.500. The first-order valence-corrected chi connectivity index (χ1v) is 7.21. The van der Waals surface area contributed by atoms with Gasteiger partial charge in [-0.3, -0.25) is 9.59 Å². The molecule has 0 heterocycles. The van der Waals surface area contributed by atoms with Gasteiger partial charge in [0.05, 0.1) is 0 Å². The van der Waals surface area contributed by atoms with Gasteiger partial charge in [0.2, 0.25) is 11.8 Å². The Morgan fingerprint density at radius 1 is 1.15 bits per heavy atom. The summed E-state index contributed by atoms with van der Waals surface area (Å²) in [7, 11) is 0. The van der Waals surface area contributed by atoms with Gasteiger partial charge in [0, 0.05) is 12.6 Å². The highest BCUT2D eigenvalue weighted by molar-refractivity contribution is 5.96. The molecule has 1 rings (SSSR count). The molecule has 20 heavy (non-hydrogen) atoms. The number of hydrogen-bond acceptors (Lipinski definition) is 2. The van der Waals surface area contributed by atoms with Gasteiger partial charge in [0.25, 0.3) is 0 Å². The molecule has 0 radical (unpaired) electrons. The summed E-state index contributed by atoms with van der Waals surface area (Å²) in [6.07, 6.45) is 2.59. The predicted octanol–water partition coefficient (Wildman–Crippen LogP) is 2.04. The van der Waals surface area contributed by atoms with Gasteiger partial charge in [0.1, 0.15) is 6.42 Å². The van der Waals surface area contributed by atoms with E-state index in [-0.39, 0.29) is 24.3 Å². The smallest absolute Gasteiger partial charge is 0.229 e. The summed E-state index contributed by atoms with van der Waals surface area (Å²) in [4.78, 5) is 23.1. The van der Waals surface area contributed by atoms with Crippen molar-refractivity contribution in [3.8, 4) is 0 Å². The fourth-order valence-corrected chi connectivity index (χ4v) is 1.80. The van der Waals surface area contributed by atoms with E-state index in [0.717, 1.165) is 19.3 Å². The van der Waals surface area contributed by atoms with Crippen LogP contribution in [0, 0.1) is 0 Å². The molecule has 0 aliphatic carbocycles. The quantitative estimate of drug-likeness (QED) is 0.564. The molecule has 0 saturated carbocycles. The summed E-state index contributed by atoms with van der Waals surface area (Å²) in [5.74, 6) is -0.418. The number of benzene rings is 1. The van der Waals surface area contributed by atoms with E-state index in [1.54, 1.807) is 0 Å². The molecule has 0 spiro atoms. The SMILES string of the molecule is CCC(C)NC(=O)CC(=O)NCCCc1ccccc1. The number of nitrogens with one attached hydrogen (secondary N) is 2. The van der Waals surface area contributed by atoms with Crippen LogP contribution in [0.3, 0.4) is 0 Å². The molecule has 1 aromatic rings. The fourth-order valence-electron chi connectivity index (χ4n) is 1.80. The minimum atomic E-state index is -0.209. The molecule has 1 unspecified atom stereocenters. The monoisotopic (exact) mass is 276 g/mol. The van der Waals surface area contributed by atoms with Gasteiger partial charge in [-0.25, -0.2) is 0 Å². The van der Waals surface area contributed by atoms with Gasteiger partial charge in [-0.1, -0.05) is 37.3 Å². The molecule has 0 aromatic heterocycles. The van der Waals surface area contributed by atoms with Gasteiger partial charge in [-0.2, -0.15) is 0 Å². The highest BCUT2D eigenvalue weighted by atomic mass is 16.2. The summed E-state index contributed by atoms with van der Waals surface area (Å²) < 4.78 is 0. The van der Waals surface area contributed by atoms with E-state index >= 15 is 0 Å². The number of hydrogen-bond donors (Lipinski definition) is 2. The maximum absolute atomic E-state index is 11.6. The Morgan fingerprint density at radius 2 is 1.85 bits per heavy atom. The maximum Gasteiger partial charge on any atom is 0.229 e. The second kappa shape index (κ2) is 9.13. The Bertz CT molecular complexity index is 418. The summed E-state index contributed by atoms with van der Waals surface area (Å²) in [6.45, 7) is 4.52. The Kier molecular flexibility index (Phi) is 7.40. The normalized spacial score (nSPS) is 11.7. The average molecular weight is 276 g/mol. The van der Waals surface area contributed by atoms with Crippen LogP contribution in [0.15, 0.2) is 30.3 Å². The molecule has 0 aliphatic rings. The second-order valence-electron chi connectivity index (χ2n) is 4.99. The van der Waals surface area contributed by atoms with Gasteiger partial charge >= 0.3 is 0 Å². The minimum absolute atomic E-state index is 0.0876. The first-order chi connectivity index (χ1) is 9.61. The number of aryl methyl sites for hydroxylation is 1. The standard InChI is InChI=1S/C16H24N2O2/c1-3-13(2)18-16(20)12-15(19)17-11-7-10-14-8-5-4-6-9-14/h4-6,8-9,13H,3,7,10-12H2,1-2H3,(H,17,19)(H,18,20). The lowest BCUT2D eigenvalue weighted by atomic mass is 10.1. The Labute approximate surface area is 121 Å². The summed E-state index contributed by atoms with van der Waals surface area (Å²) in [6, 6.07) is 10.3. The molecule has 0 saturated heterocycles. The lowest BCUT2D eigenvalue weighted by molar-refractivity contribution is -0.129. The van der Waals surface area contributed by atoms with Crippen LogP contribution < -0.4 is 10.6 Å². The van der Waals surface area contributed by atoms with E-state index in [2.05, 4.69) is 22.8 Å². The van der Waals surface area contributed by atoms with Gasteiger partial charge in [-0.15, -0.1) is 0 Å². The number of carbonyl (C=O) groups excluding carboxylic acids is 2. The predicted molar refractivity (Wildman–Crippen MR) is 80.3 cm³/mol. The van der Waals surface area contributed by atoms with Gasteiger partial charge < -0.3 is 10.6 Å². The van der Waals surface area contributed by atoms with Crippen LogP contribution in [-0.4, -0.2) is 24.4 Å². The molecule has 110 valence electrons. The second-order valence-corrected chi connectivity index (χ2v) is 4.99. The van der Waals surface area contributed by atoms with Crippen molar-refractivity contribution in [2.75, 3.05) is 6.54 Å². The maximum atomic E-state index is 11.6. The third-order valence-electron chi connectivity index (χ3n) is 3.15. The summed E-state index contributed by atoms with van der Waals surface area (Å²) >= 11 is 0. The van der Waals surface area contributed by atoms with E-state index in [0.29, 0.717) is 6.54 Å². The molecule has 2 amide bonds. The Morgan fingerprint density at radius 3 is 2.50 bits per heavy atom. The number of rotatable bonds is 8. The van der Waals surface area contributed by atoms with Crippen LogP contribution in [0.25, 0.3) is 0 Å². The first kappa shape index (κ1) is 16.2. The highest BCUT2D eigenvalue weighted by Gasteiger charge is 2.10. The first-order valence-electron chi connectivity index (χ1n) is 7.21. The zero-order valence-corrected chi connectivity index (χ0v) is 12.3. The van der Waals surface area contributed by atoms with E-state index in [9.17, 15) is 9.59 Å². The van der Waals surface area contributed by atoms with Crippen molar-refractivity contribution >= 4 is 11.8 Å². The average Bonchev–Trinajstić information content (AvgIpc) is 2.44. The summed E-state index contributed by atoms with van der Waals surface area (Å²) in [5, 5.41) is 5.55. The third-order valence-corrected chi connectivity index (χ3v) is 3.15. The Balaban J connectivity index is 2.12. The lowest BCUT2D eigenvalue weighted by Crippen LogP contribution is -2.36. The topological polar surface area (TPSA) is 58.2 Å². The van der Waals surface area contributed by atoms with Crippen molar-refractivity contribution in [3.05, 3.63) is 35.9 Å². The third kappa shape index (κ3) is 6.92. The van der Waals surface area contributed by atoms with E-state index in [1.807, 2.05) is 32.0 Å². The number of amides is 2. The summed E-state index contributed by atoms with van der Waals surface area (Å²) in [5.41, 5.74) is 1.26. The van der Waals surface area contributed by atoms with Crippen molar-refractivity contribution < 1.29 is 9.59 Å². The molecule has 2 N–H and O–H groups in total. The van der Waals surface area contributed by atoms with Crippen molar-refractivity contribution in [2.24, 2.45) is 0 Å². The Hall–Kier alpha value is -1.84. The molecular weight excluding hydrogens is 252 g/mol. The van der Waals surface area contributed by atoms with E-state index in [4.69, 9.17) is 0 Å². The molecule has 1 aromatic carbocycles. The van der Waals surface area contributed by atoms with E-state index < -0.39 is 0 Å². The van der Waals surface area contributed by atoms with Crippen molar-refractivity contribution in [3.63, 3.8) is 0 Å². The largest absolute Gasteiger partial charge is 0.356 e. The van der Waals surface area contributed by atoms with Crippen LogP contribution in [0.4, 0.5) is 0 Å². The van der Waals surface area contributed by atoms with Crippen molar-refractivity contribution in [1.82, 2.24) is 10.6 Å². The zero-order chi connectivity index (χ0) is 14.8. The van der Waals surface area contributed by atoms with Crippen LogP contribution in [0.2, 0.25) is 0 Å². The van der Waals surface area contributed by atoms with Crippen LogP contribution in [-0.2, 0) is 16.0 Å². The molecule has 1 atom stereocenters. The van der Waals surface area contributed by atoms with Crippen LogP contribution in [0.1, 0.15) is 38.7 Å². The van der Waals surface area contributed by atoms with Gasteiger partial charge in [0.15, 0.2) is 0 Å². The zero-order valence-electron chi connectivity index (χ0n) is 12.3. The lowest BCUT2D eigenvalue weighted by Gasteiger charge is -2.11. The van der Waals surface area contributed by atoms with Crippen molar-refractivity contribution in [1.29, 1.82) is 0 Å². The molecule has 0 bridgehead atoms. The molecular formula is C16H24N2O2. The molecule has 0 fully saturated rings. The van der Waals surface area contributed by atoms with Crippen LogP contribution >= 0.6 is 0 Å². The highest BCUT2D eigenvalue weighted by Crippen LogP contribution is 2.01.